The normalized spacial score (nSPS) is 11.3. The van der Waals surface area contributed by atoms with Gasteiger partial charge in [0.15, 0.2) is 11.6 Å². The number of amides is 2. The van der Waals surface area contributed by atoms with Gasteiger partial charge in [0, 0.05) is 29.7 Å². The van der Waals surface area contributed by atoms with Gasteiger partial charge in [0.05, 0.1) is 5.56 Å². The lowest BCUT2D eigenvalue weighted by molar-refractivity contribution is -0.275. The van der Waals surface area contributed by atoms with Gasteiger partial charge in [-0.05, 0) is 36.2 Å². The summed E-state index contributed by atoms with van der Waals surface area (Å²) in [6.07, 6.45) is -3.89. The van der Waals surface area contributed by atoms with Crippen LogP contribution in [-0.4, -0.2) is 23.2 Å². The van der Waals surface area contributed by atoms with E-state index in [0.29, 0.717) is 11.8 Å². The first-order valence-electron chi connectivity index (χ1n) is 9.98. The zero-order valence-electron chi connectivity index (χ0n) is 18.2. The average Bonchev–Trinajstić information content (AvgIpc) is 2.75. The number of hydrogen-bond donors (Lipinski definition) is 2. The third-order valence-electron chi connectivity index (χ3n) is 4.57. The first kappa shape index (κ1) is 25.4. The summed E-state index contributed by atoms with van der Waals surface area (Å²) >= 11 is 0. The predicted octanol–water partition coefficient (Wildman–Crippen LogP) is 5.53. The number of alkyl halides is 3. The maximum atomic E-state index is 14.1. The van der Waals surface area contributed by atoms with Crippen molar-refractivity contribution in [1.82, 2.24) is 4.98 Å². The van der Waals surface area contributed by atoms with Crippen molar-refractivity contribution < 1.29 is 41.0 Å². The zero-order valence-corrected chi connectivity index (χ0v) is 18.2. The second kappa shape index (κ2) is 9.95. The number of ether oxygens (including phenoxy) is 2. The fourth-order valence-corrected chi connectivity index (χ4v) is 2.89. The summed E-state index contributed by atoms with van der Waals surface area (Å²) in [5.74, 6) is -5.47. The Hall–Kier alpha value is -4.22. The van der Waals surface area contributed by atoms with Crippen LogP contribution in [0.15, 0.2) is 48.7 Å². The molecule has 0 radical (unpaired) electrons. The van der Waals surface area contributed by atoms with Gasteiger partial charge in [-0.3, -0.25) is 14.6 Å². The van der Waals surface area contributed by atoms with Crippen molar-refractivity contribution in [3.8, 4) is 17.2 Å². The summed E-state index contributed by atoms with van der Waals surface area (Å²) in [6.45, 7) is 3.64. The fraction of sp³-hybridized carbons (Fsp3) is 0.174. The molecule has 0 aliphatic carbocycles. The molecule has 2 aromatic carbocycles. The monoisotopic (exact) mass is 495 g/mol. The molecule has 0 bridgehead atoms. The summed E-state index contributed by atoms with van der Waals surface area (Å²) in [4.78, 5) is 28.4. The van der Waals surface area contributed by atoms with E-state index in [4.69, 9.17) is 10.5 Å². The quantitative estimate of drug-likeness (QED) is 0.420. The highest BCUT2D eigenvalue weighted by molar-refractivity contribution is 6.06. The van der Waals surface area contributed by atoms with E-state index in [2.05, 4.69) is 15.0 Å². The van der Waals surface area contributed by atoms with Gasteiger partial charge in [0.1, 0.15) is 22.9 Å². The number of halogens is 5. The topological polar surface area (TPSA) is 104 Å². The highest BCUT2D eigenvalue weighted by atomic mass is 19.4. The SMILES string of the molecule is CC(C)c1cc(Oc2ccc(OC(F)(F)F)c(F)c2)c(C(=O)Nc2ccc(F)c(C(N)=O)c2)cn1. The number of nitrogens with one attached hydrogen (secondary N) is 1. The molecule has 7 nitrogen and oxygen atoms in total. The van der Waals surface area contributed by atoms with Crippen LogP contribution in [0.5, 0.6) is 17.2 Å². The van der Waals surface area contributed by atoms with Crippen LogP contribution in [-0.2, 0) is 0 Å². The molecule has 12 heteroatoms. The molecule has 0 unspecified atom stereocenters. The molecule has 2 amide bonds. The predicted molar refractivity (Wildman–Crippen MR) is 114 cm³/mol. The van der Waals surface area contributed by atoms with Crippen molar-refractivity contribution >= 4 is 17.5 Å². The van der Waals surface area contributed by atoms with Crippen molar-refractivity contribution in [2.45, 2.75) is 26.1 Å². The number of benzene rings is 2. The number of hydrogen-bond acceptors (Lipinski definition) is 5. The number of nitrogens with zero attached hydrogens (tertiary/aromatic N) is 1. The number of carbonyl (C=O) groups excluding carboxylic acids is 2. The van der Waals surface area contributed by atoms with Crippen LogP contribution in [0.4, 0.5) is 27.6 Å². The summed E-state index contributed by atoms with van der Waals surface area (Å²) in [5, 5.41) is 2.45. The Bertz CT molecular complexity index is 1280. The van der Waals surface area contributed by atoms with Crippen molar-refractivity contribution in [1.29, 1.82) is 0 Å². The van der Waals surface area contributed by atoms with Crippen LogP contribution >= 0.6 is 0 Å². The minimum absolute atomic E-state index is 0.0452. The number of carbonyl (C=O) groups is 2. The van der Waals surface area contributed by atoms with Crippen molar-refractivity contribution in [3.05, 3.63) is 77.1 Å². The van der Waals surface area contributed by atoms with Crippen LogP contribution in [0, 0.1) is 11.6 Å². The van der Waals surface area contributed by atoms with Crippen LogP contribution in [0.2, 0.25) is 0 Å². The number of primary amides is 1. The highest BCUT2D eigenvalue weighted by Gasteiger charge is 2.32. The van der Waals surface area contributed by atoms with Gasteiger partial charge in [0.2, 0.25) is 0 Å². The van der Waals surface area contributed by atoms with Gasteiger partial charge < -0.3 is 20.5 Å². The van der Waals surface area contributed by atoms with Gasteiger partial charge in [-0.15, -0.1) is 13.2 Å². The molecule has 0 spiro atoms. The van der Waals surface area contributed by atoms with E-state index >= 15 is 0 Å². The molecule has 3 N–H and O–H groups in total. The maximum absolute atomic E-state index is 14.1. The van der Waals surface area contributed by atoms with E-state index in [1.165, 1.54) is 18.3 Å². The second-order valence-corrected chi connectivity index (χ2v) is 7.52. The second-order valence-electron chi connectivity index (χ2n) is 7.52. The molecule has 1 heterocycles. The fourth-order valence-electron chi connectivity index (χ4n) is 2.89. The van der Waals surface area contributed by atoms with Gasteiger partial charge >= 0.3 is 6.36 Å². The molecule has 1 aromatic heterocycles. The van der Waals surface area contributed by atoms with Gasteiger partial charge in [-0.1, -0.05) is 13.8 Å². The lowest BCUT2D eigenvalue weighted by Gasteiger charge is -2.15. The number of nitrogens with two attached hydrogens (primary N) is 1. The van der Waals surface area contributed by atoms with E-state index < -0.39 is 41.1 Å². The van der Waals surface area contributed by atoms with E-state index in [0.717, 1.165) is 24.3 Å². The molecular formula is C23H18F5N3O4. The van der Waals surface area contributed by atoms with Crippen molar-refractivity contribution in [2.75, 3.05) is 5.32 Å². The molecule has 3 rings (SSSR count). The number of pyridine rings is 1. The number of aromatic nitrogens is 1. The molecule has 0 aliphatic heterocycles. The maximum Gasteiger partial charge on any atom is 0.573 e. The molecule has 0 saturated heterocycles. The minimum atomic E-state index is -5.08. The van der Waals surface area contributed by atoms with Crippen LogP contribution in [0.3, 0.4) is 0 Å². The summed E-state index contributed by atoms with van der Waals surface area (Å²) in [6, 6.07) is 7.02. The molecule has 35 heavy (non-hydrogen) atoms. The van der Waals surface area contributed by atoms with Gasteiger partial charge in [-0.2, -0.15) is 0 Å². The van der Waals surface area contributed by atoms with E-state index in [1.807, 2.05) is 13.8 Å². The van der Waals surface area contributed by atoms with Gasteiger partial charge in [0.25, 0.3) is 11.8 Å². The Balaban J connectivity index is 1.93. The Labute approximate surface area is 195 Å². The molecular weight excluding hydrogens is 477 g/mol. The zero-order chi connectivity index (χ0) is 25.9. The first-order valence-corrected chi connectivity index (χ1v) is 9.98. The molecule has 0 aliphatic rings. The van der Waals surface area contributed by atoms with Crippen molar-refractivity contribution in [2.24, 2.45) is 5.73 Å². The van der Waals surface area contributed by atoms with E-state index in [-0.39, 0.29) is 28.7 Å². The molecule has 184 valence electrons. The molecule has 0 fully saturated rings. The Morgan fingerprint density at radius 3 is 2.29 bits per heavy atom. The lowest BCUT2D eigenvalue weighted by Crippen LogP contribution is -2.18. The third-order valence-corrected chi connectivity index (χ3v) is 4.57. The van der Waals surface area contributed by atoms with Crippen LogP contribution in [0.1, 0.15) is 46.2 Å². The minimum Gasteiger partial charge on any atom is -0.456 e. The summed E-state index contributed by atoms with van der Waals surface area (Å²) < 4.78 is 74.2. The average molecular weight is 495 g/mol. The van der Waals surface area contributed by atoms with Gasteiger partial charge in [-0.25, -0.2) is 8.78 Å². The highest BCUT2D eigenvalue weighted by Crippen LogP contribution is 2.33. The molecule has 3 aromatic rings. The summed E-state index contributed by atoms with van der Waals surface area (Å²) in [7, 11) is 0. The first-order chi connectivity index (χ1) is 16.3. The van der Waals surface area contributed by atoms with Crippen LogP contribution in [0.25, 0.3) is 0 Å². The Kier molecular flexibility index (Phi) is 7.22. The number of anilines is 1. The summed E-state index contributed by atoms with van der Waals surface area (Å²) in [5.41, 5.74) is 5.10. The smallest absolute Gasteiger partial charge is 0.456 e. The lowest BCUT2D eigenvalue weighted by atomic mass is 10.1. The largest absolute Gasteiger partial charge is 0.573 e. The number of rotatable bonds is 7. The van der Waals surface area contributed by atoms with E-state index in [9.17, 15) is 31.5 Å². The molecule has 0 saturated carbocycles. The molecule has 0 atom stereocenters. The Morgan fingerprint density at radius 2 is 1.69 bits per heavy atom. The van der Waals surface area contributed by atoms with Crippen LogP contribution < -0.4 is 20.5 Å². The third kappa shape index (κ3) is 6.43. The standard InChI is InChI=1S/C23H18F5N3O4/c1-11(2)18-9-20(34-13-4-6-19(17(25)8-13)35-23(26,27)28)15(10-30-18)22(33)31-12-3-5-16(24)14(7-12)21(29)32/h3-11H,1-2H3,(H2,29,32)(H,31,33). The van der Waals surface area contributed by atoms with Crippen molar-refractivity contribution in [3.63, 3.8) is 0 Å². The Morgan fingerprint density at radius 1 is 0.971 bits per heavy atom. The van der Waals surface area contributed by atoms with E-state index in [1.54, 1.807) is 0 Å².